The van der Waals surface area contributed by atoms with Crippen LogP contribution in [0.25, 0.3) is 0 Å². The van der Waals surface area contributed by atoms with Crippen molar-refractivity contribution in [2.45, 2.75) is 50.5 Å². The van der Waals surface area contributed by atoms with Crippen molar-refractivity contribution < 1.29 is 0 Å². The van der Waals surface area contributed by atoms with Crippen molar-refractivity contribution in [2.24, 2.45) is 5.73 Å². The van der Waals surface area contributed by atoms with Gasteiger partial charge >= 0.3 is 0 Å². The fraction of sp³-hybridized carbons (Fsp3) is 0.471. The van der Waals surface area contributed by atoms with Crippen LogP contribution >= 0.6 is 11.3 Å². The predicted octanol–water partition coefficient (Wildman–Crippen LogP) is 4.41. The maximum atomic E-state index is 5.98. The van der Waals surface area contributed by atoms with E-state index >= 15 is 0 Å². The van der Waals surface area contributed by atoms with Crippen LogP contribution < -0.4 is 5.73 Å². The van der Waals surface area contributed by atoms with Crippen molar-refractivity contribution in [1.29, 1.82) is 0 Å². The Morgan fingerprint density at radius 1 is 1.15 bits per heavy atom. The number of rotatable bonds is 3. The van der Waals surface area contributed by atoms with E-state index in [1.54, 1.807) is 11.3 Å². The topological polar surface area (TPSA) is 38.9 Å². The average molecular weight is 286 g/mol. The van der Waals surface area contributed by atoms with Crippen molar-refractivity contribution in [3.63, 3.8) is 0 Å². The van der Waals surface area contributed by atoms with Gasteiger partial charge in [0.2, 0.25) is 0 Å². The van der Waals surface area contributed by atoms with Gasteiger partial charge in [-0.2, -0.15) is 0 Å². The van der Waals surface area contributed by atoms with Gasteiger partial charge in [-0.25, -0.2) is 4.98 Å². The second-order valence-electron chi connectivity index (χ2n) is 5.87. The number of nitrogens with two attached hydrogens (primary N) is 1. The third-order valence-corrected chi connectivity index (χ3v) is 5.50. The highest BCUT2D eigenvalue weighted by Gasteiger charge is 2.38. The van der Waals surface area contributed by atoms with Gasteiger partial charge in [0.25, 0.3) is 0 Å². The third-order valence-electron chi connectivity index (χ3n) is 4.43. The first-order valence-corrected chi connectivity index (χ1v) is 8.37. The lowest BCUT2D eigenvalue weighted by Gasteiger charge is -2.36. The monoisotopic (exact) mass is 286 g/mol. The normalized spacial score (nSPS) is 19.7. The molecule has 2 N–H and O–H groups in total. The number of hydrogen-bond acceptors (Lipinski definition) is 3. The Balaban J connectivity index is 2.05. The molecule has 1 heterocycles. The molecule has 106 valence electrons. The summed E-state index contributed by atoms with van der Waals surface area (Å²) in [6, 6.07) is 10.9. The molecule has 0 saturated heterocycles. The van der Waals surface area contributed by atoms with Crippen LogP contribution in [0.4, 0.5) is 0 Å². The number of thiazole rings is 1. The van der Waals surface area contributed by atoms with Crippen LogP contribution in [0.2, 0.25) is 0 Å². The summed E-state index contributed by atoms with van der Waals surface area (Å²) in [7, 11) is 0. The van der Waals surface area contributed by atoms with E-state index in [2.05, 4.69) is 35.7 Å². The van der Waals surface area contributed by atoms with Crippen LogP contribution in [-0.4, -0.2) is 4.98 Å². The molecule has 0 aliphatic heterocycles. The summed E-state index contributed by atoms with van der Waals surface area (Å²) < 4.78 is 0. The van der Waals surface area contributed by atoms with Gasteiger partial charge < -0.3 is 5.73 Å². The lowest BCUT2D eigenvalue weighted by Crippen LogP contribution is -2.30. The van der Waals surface area contributed by atoms with Crippen molar-refractivity contribution in [2.75, 3.05) is 0 Å². The first-order valence-electron chi connectivity index (χ1n) is 7.49. The summed E-state index contributed by atoms with van der Waals surface area (Å²) in [5, 5.41) is 3.40. The van der Waals surface area contributed by atoms with Crippen LogP contribution in [0.1, 0.15) is 61.3 Å². The van der Waals surface area contributed by atoms with Crippen LogP contribution in [0, 0.1) is 0 Å². The molecule has 1 saturated carbocycles. The standard InChI is InChI=1S/C17H22N2S/c1-13(18)15-12-20-16(19-15)17(10-6-3-7-11-17)14-8-4-2-5-9-14/h2,4-5,8-9,12-13H,3,6-7,10-11,18H2,1H3. The molecule has 0 radical (unpaired) electrons. The van der Waals surface area contributed by atoms with Gasteiger partial charge in [-0.1, -0.05) is 49.6 Å². The van der Waals surface area contributed by atoms with Gasteiger partial charge in [-0.3, -0.25) is 0 Å². The Morgan fingerprint density at radius 3 is 2.45 bits per heavy atom. The minimum atomic E-state index is 0.0245. The Bertz CT molecular complexity index is 553. The number of hydrogen-bond donors (Lipinski definition) is 1. The average Bonchev–Trinajstić information content (AvgIpc) is 2.99. The van der Waals surface area contributed by atoms with Crippen LogP contribution in [0.5, 0.6) is 0 Å². The maximum absolute atomic E-state index is 5.98. The van der Waals surface area contributed by atoms with E-state index in [1.807, 2.05) is 6.92 Å². The minimum absolute atomic E-state index is 0.0245. The largest absolute Gasteiger partial charge is 0.323 e. The highest BCUT2D eigenvalue weighted by molar-refractivity contribution is 7.09. The molecule has 1 aromatic heterocycles. The summed E-state index contributed by atoms with van der Waals surface area (Å²) in [4.78, 5) is 4.88. The fourth-order valence-electron chi connectivity index (χ4n) is 3.25. The molecule has 2 nitrogen and oxygen atoms in total. The molecule has 1 aliphatic carbocycles. The van der Waals surface area contributed by atoms with Crippen LogP contribution in [-0.2, 0) is 5.41 Å². The van der Waals surface area contributed by atoms with E-state index in [4.69, 9.17) is 10.7 Å². The van der Waals surface area contributed by atoms with Crippen LogP contribution in [0.15, 0.2) is 35.7 Å². The predicted molar refractivity (Wildman–Crippen MR) is 85.0 cm³/mol. The molecule has 3 rings (SSSR count). The van der Waals surface area contributed by atoms with E-state index in [9.17, 15) is 0 Å². The minimum Gasteiger partial charge on any atom is -0.323 e. The molecule has 1 unspecified atom stereocenters. The number of benzene rings is 1. The SMILES string of the molecule is CC(N)c1csc(C2(c3ccccc3)CCCCC2)n1. The van der Waals surface area contributed by atoms with E-state index in [-0.39, 0.29) is 11.5 Å². The van der Waals surface area contributed by atoms with Gasteiger partial charge in [0, 0.05) is 16.8 Å². The zero-order valence-electron chi connectivity index (χ0n) is 12.0. The summed E-state index contributed by atoms with van der Waals surface area (Å²) in [5.74, 6) is 0. The summed E-state index contributed by atoms with van der Waals surface area (Å²) in [6.45, 7) is 2.01. The Kier molecular flexibility index (Phi) is 3.90. The first kappa shape index (κ1) is 13.8. The van der Waals surface area contributed by atoms with E-state index < -0.39 is 0 Å². The Hall–Kier alpha value is -1.19. The summed E-state index contributed by atoms with van der Waals surface area (Å²) in [5.41, 5.74) is 8.56. The lowest BCUT2D eigenvalue weighted by molar-refractivity contribution is 0.344. The second-order valence-corrected chi connectivity index (χ2v) is 6.73. The summed E-state index contributed by atoms with van der Waals surface area (Å²) >= 11 is 1.79. The van der Waals surface area contributed by atoms with Crippen molar-refractivity contribution in [1.82, 2.24) is 4.98 Å². The molecule has 1 aromatic carbocycles. The first-order chi connectivity index (χ1) is 9.72. The zero-order valence-corrected chi connectivity index (χ0v) is 12.8. The molecule has 1 atom stereocenters. The van der Waals surface area contributed by atoms with Gasteiger partial charge in [0.05, 0.1) is 5.69 Å². The summed E-state index contributed by atoms with van der Waals surface area (Å²) in [6.07, 6.45) is 6.36. The number of nitrogens with zero attached hydrogens (tertiary/aromatic N) is 1. The van der Waals surface area contributed by atoms with Crippen molar-refractivity contribution in [3.8, 4) is 0 Å². The fourth-order valence-corrected chi connectivity index (χ4v) is 4.46. The molecule has 2 aromatic rings. The van der Waals surface area contributed by atoms with Gasteiger partial charge in [0.15, 0.2) is 0 Å². The Morgan fingerprint density at radius 2 is 1.85 bits per heavy atom. The molecule has 1 aliphatic rings. The molecule has 20 heavy (non-hydrogen) atoms. The molecule has 3 heteroatoms. The number of aromatic nitrogens is 1. The zero-order chi connectivity index (χ0) is 14.0. The highest BCUT2D eigenvalue weighted by atomic mass is 32.1. The van der Waals surface area contributed by atoms with E-state index in [1.165, 1.54) is 42.7 Å². The maximum Gasteiger partial charge on any atom is 0.103 e. The molecular formula is C17H22N2S. The molecule has 0 bridgehead atoms. The molecule has 1 fully saturated rings. The van der Waals surface area contributed by atoms with Crippen molar-refractivity contribution in [3.05, 3.63) is 52.0 Å². The highest BCUT2D eigenvalue weighted by Crippen LogP contribution is 2.46. The third kappa shape index (κ3) is 2.40. The van der Waals surface area contributed by atoms with Gasteiger partial charge in [-0.05, 0) is 25.3 Å². The second kappa shape index (κ2) is 5.66. The molecule has 0 spiro atoms. The van der Waals surface area contributed by atoms with E-state index in [0.717, 1.165) is 5.69 Å². The smallest absolute Gasteiger partial charge is 0.103 e. The Labute approximate surface area is 125 Å². The van der Waals surface area contributed by atoms with E-state index in [0.29, 0.717) is 0 Å². The molecular weight excluding hydrogens is 264 g/mol. The lowest BCUT2D eigenvalue weighted by atomic mass is 9.70. The van der Waals surface area contributed by atoms with Crippen molar-refractivity contribution >= 4 is 11.3 Å². The quantitative estimate of drug-likeness (QED) is 0.907. The van der Waals surface area contributed by atoms with Gasteiger partial charge in [-0.15, -0.1) is 11.3 Å². The van der Waals surface area contributed by atoms with Crippen LogP contribution in [0.3, 0.4) is 0 Å². The molecule has 0 amide bonds. The van der Waals surface area contributed by atoms with Gasteiger partial charge in [0.1, 0.15) is 5.01 Å².